The molecule has 2 fully saturated rings. The summed E-state index contributed by atoms with van der Waals surface area (Å²) in [5.41, 5.74) is 6.85. The fourth-order valence-corrected chi connectivity index (χ4v) is 3.52. The van der Waals surface area contributed by atoms with Crippen LogP contribution >= 0.6 is 0 Å². The Morgan fingerprint density at radius 3 is 2.65 bits per heavy atom. The molecule has 2 aliphatic rings. The van der Waals surface area contributed by atoms with E-state index in [0.29, 0.717) is 17.2 Å². The van der Waals surface area contributed by atoms with E-state index in [9.17, 15) is 4.39 Å². The molecular formula is C14H18FNO. The molecule has 0 amide bonds. The molecule has 2 N–H and O–H groups in total. The normalized spacial score (nSPS) is 32.1. The van der Waals surface area contributed by atoms with Gasteiger partial charge in [0.05, 0.1) is 7.11 Å². The van der Waals surface area contributed by atoms with Gasteiger partial charge in [0.25, 0.3) is 0 Å². The van der Waals surface area contributed by atoms with Gasteiger partial charge < -0.3 is 10.5 Å². The third kappa shape index (κ3) is 1.73. The quantitative estimate of drug-likeness (QED) is 0.874. The van der Waals surface area contributed by atoms with E-state index in [2.05, 4.69) is 0 Å². The molecule has 0 heterocycles. The highest BCUT2D eigenvalue weighted by Gasteiger charge is 2.55. The lowest BCUT2D eigenvalue weighted by Gasteiger charge is -2.15. The van der Waals surface area contributed by atoms with Gasteiger partial charge in [-0.15, -0.1) is 0 Å². The number of hydrogen-bond acceptors (Lipinski definition) is 2. The number of halogens is 1. The van der Waals surface area contributed by atoms with Crippen LogP contribution in [0.2, 0.25) is 0 Å². The van der Waals surface area contributed by atoms with Crippen molar-refractivity contribution in [3.05, 3.63) is 29.6 Å². The van der Waals surface area contributed by atoms with Gasteiger partial charge in [-0.25, -0.2) is 4.39 Å². The van der Waals surface area contributed by atoms with Crippen LogP contribution in [0.15, 0.2) is 18.2 Å². The number of rotatable bonds is 3. The average molecular weight is 235 g/mol. The molecule has 0 radical (unpaired) electrons. The molecule has 92 valence electrons. The van der Waals surface area contributed by atoms with E-state index in [4.69, 9.17) is 10.5 Å². The predicted octanol–water partition coefficient (Wildman–Crippen LogP) is 2.88. The van der Waals surface area contributed by atoms with Crippen molar-refractivity contribution in [2.24, 2.45) is 23.5 Å². The van der Waals surface area contributed by atoms with Crippen molar-refractivity contribution >= 4 is 0 Å². The Hall–Kier alpha value is -1.09. The molecule has 3 heteroatoms. The van der Waals surface area contributed by atoms with Crippen LogP contribution in [-0.2, 0) is 0 Å². The molecule has 3 unspecified atom stereocenters. The van der Waals surface area contributed by atoms with E-state index < -0.39 is 0 Å². The van der Waals surface area contributed by atoms with E-state index >= 15 is 0 Å². The highest BCUT2D eigenvalue weighted by atomic mass is 19.1. The van der Waals surface area contributed by atoms with Gasteiger partial charge in [0, 0.05) is 17.7 Å². The zero-order valence-corrected chi connectivity index (χ0v) is 10.0. The van der Waals surface area contributed by atoms with E-state index in [1.165, 1.54) is 25.3 Å². The van der Waals surface area contributed by atoms with Crippen LogP contribution in [0.4, 0.5) is 4.39 Å². The van der Waals surface area contributed by atoms with E-state index in [1.807, 2.05) is 0 Å². The molecule has 2 saturated carbocycles. The summed E-state index contributed by atoms with van der Waals surface area (Å²) in [5.74, 6) is 2.33. The first-order valence-electron chi connectivity index (χ1n) is 6.31. The second-order valence-corrected chi connectivity index (χ2v) is 5.25. The number of hydrogen-bond donors (Lipinski definition) is 1. The monoisotopic (exact) mass is 235 g/mol. The number of ether oxygens (including phenoxy) is 1. The van der Waals surface area contributed by atoms with E-state index in [0.717, 1.165) is 11.8 Å². The maximum absolute atomic E-state index is 13.9. The van der Waals surface area contributed by atoms with Crippen molar-refractivity contribution in [3.63, 3.8) is 0 Å². The number of fused-ring (bicyclic) bond motifs is 1. The minimum Gasteiger partial charge on any atom is -0.497 e. The third-order valence-electron chi connectivity index (χ3n) is 4.45. The lowest BCUT2D eigenvalue weighted by Crippen LogP contribution is -2.17. The molecule has 0 aromatic heterocycles. The largest absolute Gasteiger partial charge is 0.497 e. The van der Waals surface area contributed by atoms with E-state index in [-0.39, 0.29) is 11.9 Å². The van der Waals surface area contributed by atoms with Crippen molar-refractivity contribution in [1.82, 2.24) is 0 Å². The minimum absolute atomic E-state index is 0.142. The molecule has 1 aromatic carbocycles. The summed E-state index contributed by atoms with van der Waals surface area (Å²) in [7, 11) is 1.54. The topological polar surface area (TPSA) is 35.2 Å². The summed E-state index contributed by atoms with van der Waals surface area (Å²) < 4.78 is 18.9. The Kier molecular flexibility index (Phi) is 2.58. The summed E-state index contributed by atoms with van der Waals surface area (Å²) >= 11 is 0. The molecule has 17 heavy (non-hydrogen) atoms. The van der Waals surface area contributed by atoms with Crippen molar-refractivity contribution in [3.8, 4) is 5.75 Å². The lowest BCUT2D eigenvalue weighted by molar-refractivity contribution is 0.408. The highest BCUT2D eigenvalue weighted by Crippen LogP contribution is 2.61. The third-order valence-corrected chi connectivity index (χ3v) is 4.45. The van der Waals surface area contributed by atoms with Crippen LogP contribution in [0.3, 0.4) is 0 Å². The minimum atomic E-state index is -0.234. The fraction of sp³-hybridized carbons (Fsp3) is 0.571. The van der Waals surface area contributed by atoms with Crippen LogP contribution in [0.25, 0.3) is 0 Å². The molecule has 0 saturated heterocycles. The molecular weight excluding hydrogens is 217 g/mol. The first-order chi connectivity index (χ1) is 8.22. The molecule has 2 nitrogen and oxygen atoms in total. The molecule has 0 aliphatic heterocycles. The summed E-state index contributed by atoms with van der Waals surface area (Å²) in [4.78, 5) is 0. The van der Waals surface area contributed by atoms with Gasteiger partial charge in [0.1, 0.15) is 11.6 Å². The van der Waals surface area contributed by atoms with Gasteiger partial charge in [-0.1, -0.05) is 12.5 Å². The highest BCUT2D eigenvalue weighted by molar-refractivity contribution is 5.32. The molecule has 0 bridgehead atoms. The SMILES string of the molecule is COc1ccc(C(N)C2C3CCCC32)c(F)c1. The van der Waals surface area contributed by atoms with Crippen molar-refractivity contribution < 1.29 is 9.13 Å². The summed E-state index contributed by atoms with van der Waals surface area (Å²) in [6.45, 7) is 0. The van der Waals surface area contributed by atoms with Gasteiger partial charge in [-0.2, -0.15) is 0 Å². The Bertz CT molecular complexity index is 424. The fourth-order valence-electron chi connectivity index (χ4n) is 3.52. The first-order valence-corrected chi connectivity index (χ1v) is 6.31. The van der Waals surface area contributed by atoms with Crippen molar-refractivity contribution in [2.75, 3.05) is 7.11 Å². The van der Waals surface area contributed by atoms with Crippen molar-refractivity contribution in [1.29, 1.82) is 0 Å². The summed E-state index contributed by atoms with van der Waals surface area (Å²) in [5, 5.41) is 0. The van der Waals surface area contributed by atoms with Gasteiger partial charge in [-0.3, -0.25) is 0 Å². The zero-order chi connectivity index (χ0) is 12.0. The van der Waals surface area contributed by atoms with Crippen LogP contribution < -0.4 is 10.5 Å². The van der Waals surface area contributed by atoms with Gasteiger partial charge >= 0.3 is 0 Å². The average Bonchev–Trinajstić information content (AvgIpc) is 2.81. The van der Waals surface area contributed by atoms with Crippen LogP contribution in [-0.4, -0.2) is 7.11 Å². The van der Waals surface area contributed by atoms with Gasteiger partial charge in [0.15, 0.2) is 0 Å². The van der Waals surface area contributed by atoms with Gasteiger partial charge in [0.2, 0.25) is 0 Å². The number of methoxy groups -OCH3 is 1. The van der Waals surface area contributed by atoms with Crippen LogP contribution in [0.5, 0.6) is 5.75 Å². The zero-order valence-electron chi connectivity index (χ0n) is 10.0. The summed E-state index contributed by atoms with van der Waals surface area (Å²) in [6.07, 6.45) is 3.88. The van der Waals surface area contributed by atoms with Gasteiger partial charge in [-0.05, 0) is 36.7 Å². The Morgan fingerprint density at radius 1 is 1.35 bits per heavy atom. The second-order valence-electron chi connectivity index (χ2n) is 5.25. The molecule has 3 atom stereocenters. The Balaban J connectivity index is 1.80. The molecule has 3 rings (SSSR count). The maximum Gasteiger partial charge on any atom is 0.131 e. The first kappa shape index (κ1) is 11.0. The van der Waals surface area contributed by atoms with Crippen LogP contribution in [0, 0.1) is 23.6 Å². The van der Waals surface area contributed by atoms with E-state index in [1.54, 1.807) is 19.2 Å². The van der Waals surface area contributed by atoms with Crippen molar-refractivity contribution in [2.45, 2.75) is 25.3 Å². The predicted molar refractivity (Wildman–Crippen MR) is 64.2 cm³/mol. The molecule has 1 aromatic rings. The summed E-state index contributed by atoms with van der Waals surface area (Å²) in [6, 6.07) is 4.84. The lowest BCUT2D eigenvalue weighted by atomic mass is 9.97. The standard InChI is InChI=1S/C14H18FNO/c1-17-8-5-6-11(12(15)7-8)14(16)13-9-3-2-4-10(9)13/h5-7,9-10,13-14H,2-4,16H2,1H3. The smallest absolute Gasteiger partial charge is 0.131 e. The maximum atomic E-state index is 13.9. The number of nitrogens with two attached hydrogens (primary N) is 1. The Labute approximate surface area is 101 Å². The van der Waals surface area contributed by atoms with Crippen LogP contribution in [0.1, 0.15) is 30.9 Å². The number of benzene rings is 1. The molecule has 2 aliphatic carbocycles. The Morgan fingerprint density at radius 2 is 2.06 bits per heavy atom. The second kappa shape index (κ2) is 3.98. The molecule has 0 spiro atoms.